The van der Waals surface area contributed by atoms with E-state index in [9.17, 15) is 4.79 Å². The lowest BCUT2D eigenvalue weighted by atomic mass is 9.94. The molecule has 0 bridgehead atoms. The van der Waals surface area contributed by atoms with Crippen LogP contribution >= 0.6 is 0 Å². The maximum absolute atomic E-state index is 12.9. The fraction of sp³-hybridized carbons (Fsp3) is 0.478. The number of nitrogens with zero attached hydrogens (tertiary/aromatic N) is 3. The first kappa shape index (κ1) is 20.5. The van der Waals surface area contributed by atoms with Crippen LogP contribution in [0.4, 0.5) is 0 Å². The third-order valence-corrected chi connectivity index (χ3v) is 5.72. The van der Waals surface area contributed by atoms with Gasteiger partial charge in [-0.3, -0.25) is 9.48 Å². The number of hydrogen-bond acceptors (Lipinski definition) is 5. The molecule has 1 amide bonds. The van der Waals surface area contributed by atoms with Crippen molar-refractivity contribution in [1.29, 1.82) is 0 Å². The van der Waals surface area contributed by atoms with Crippen LogP contribution in [0.3, 0.4) is 0 Å². The van der Waals surface area contributed by atoms with Gasteiger partial charge in [-0.05, 0) is 43.0 Å². The van der Waals surface area contributed by atoms with E-state index in [1.54, 1.807) is 6.20 Å². The van der Waals surface area contributed by atoms with Gasteiger partial charge in [-0.25, -0.2) is 0 Å². The highest BCUT2D eigenvalue weighted by atomic mass is 16.5. The molecule has 158 valence electrons. The highest BCUT2D eigenvalue weighted by Gasteiger charge is 2.28. The van der Waals surface area contributed by atoms with Crippen molar-refractivity contribution in [2.24, 2.45) is 5.92 Å². The van der Waals surface area contributed by atoms with Crippen LogP contribution in [0.15, 0.2) is 30.5 Å². The van der Waals surface area contributed by atoms with Crippen LogP contribution in [0.25, 0.3) is 0 Å². The average molecular weight is 409 g/mol. The Balaban J connectivity index is 1.29. The van der Waals surface area contributed by atoms with Gasteiger partial charge < -0.3 is 19.7 Å². The van der Waals surface area contributed by atoms with E-state index in [4.69, 9.17) is 15.9 Å². The second-order valence-electron chi connectivity index (χ2n) is 7.76. The number of hydrogen-bond donors (Lipinski definition) is 1. The summed E-state index contributed by atoms with van der Waals surface area (Å²) in [6.45, 7) is 5.38. The third-order valence-electron chi connectivity index (χ3n) is 5.72. The number of benzene rings is 1. The van der Waals surface area contributed by atoms with Crippen molar-refractivity contribution in [3.8, 4) is 18.1 Å². The van der Waals surface area contributed by atoms with E-state index in [1.165, 1.54) is 5.56 Å². The predicted octanol–water partition coefficient (Wildman–Crippen LogP) is 1.72. The largest absolute Gasteiger partial charge is 0.481 e. The fourth-order valence-corrected chi connectivity index (χ4v) is 4.04. The van der Waals surface area contributed by atoms with E-state index in [2.05, 4.69) is 16.3 Å². The van der Waals surface area contributed by atoms with Crippen molar-refractivity contribution < 1.29 is 14.3 Å². The minimum atomic E-state index is 0.0836. The van der Waals surface area contributed by atoms with Crippen LogP contribution in [0.5, 0.6) is 5.75 Å². The highest BCUT2D eigenvalue weighted by Crippen LogP contribution is 2.24. The number of carbonyl (C=O) groups is 1. The molecular weight excluding hydrogens is 380 g/mol. The topological polar surface area (TPSA) is 68.6 Å². The summed E-state index contributed by atoms with van der Waals surface area (Å²) < 4.78 is 12.8. The quantitative estimate of drug-likeness (QED) is 0.707. The maximum atomic E-state index is 12.9. The van der Waals surface area contributed by atoms with Gasteiger partial charge in [0.25, 0.3) is 5.91 Å². The van der Waals surface area contributed by atoms with Crippen molar-refractivity contribution in [2.45, 2.75) is 25.9 Å². The number of aromatic nitrogens is 2. The van der Waals surface area contributed by atoms with Crippen LogP contribution in [0.1, 0.15) is 28.0 Å². The number of ether oxygens (including phenoxy) is 2. The molecule has 1 N–H and O–H groups in total. The van der Waals surface area contributed by atoms with Gasteiger partial charge in [-0.2, -0.15) is 5.10 Å². The lowest BCUT2D eigenvalue weighted by Crippen LogP contribution is -2.41. The first-order chi connectivity index (χ1) is 14.7. The van der Waals surface area contributed by atoms with Crippen molar-refractivity contribution in [3.05, 3.63) is 47.3 Å². The first-order valence-electron chi connectivity index (χ1n) is 10.5. The fourth-order valence-electron chi connectivity index (χ4n) is 4.04. The van der Waals surface area contributed by atoms with Crippen molar-refractivity contribution >= 4 is 5.91 Å². The average Bonchev–Trinajstić information content (AvgIpc) is 3.22. The van der Waals surface area contributed by atoms with Gasteiger partial charge in [0.05, 0.1) is 30.7 Å². The zero-order valence-corrected chi connectivity index (χ0v) is 17.2. The van der Waals surface area contributed by atoms with Crippen molar-refractivity contribution in [2.75, 3.05) is 39.5 Å². The molecule has 2 aromatic rings. The molecule has 7 heteroatoms. The minimum Gasteiger partial charge on any atom is -0.481 e. The van der Waals surface area contributed by atoms with Gasteiger partial charge in [0.15, 0.2) is 0 Å². The molecule has 7 nitrogen and oxygen atoms in total. The Morgan fingerprint density at radius 2 is 2.07 bits per heavy atom. The Morgan fingerprint density at radius 1 is 1.27 bits per heavy atom. The van der Waals surface area contributed by atoms with Crippen LogP contribution in [-0.4, -0.2) is 60.0 Å². The van der Waals surface area contributed by atoms with Crippen LogP contribution in [0, 0.1) is 18.3 Å². The highest BCUT2D eigenvalue weighted by molar-refractivity contribution is 5.95. The van der Waals surface area contributed by atoms with E-state index in [0.717, 1.165) is 49.5 Å². The molecule has 0 radical (unpaired) electrons. The lowest BCUT2D eigenvalue weighted by molar-refractivity contribution is 0.0301. The summed E-state index contributed by atoms with van der Waals surface area (Å²) in [4.78, 5) is 14.8. The third kappa shape index (κ3) is 4.84. The van der Waals surface area contributed by atoms with Gasteiger partial charge in [-0.1, -0.05) is 18.1 Å². The first-order valence-corrected chi connectivity index (χ1v) is 10.5. The summed E-state index contributed by atoms with van der Waals surface area (Å²) in [5.74, 6) is 3.83. The Hall–Kier alpha value is -2.82. The minimum absolute atomic E-state index is 0.0836. The Bertz CT molecular complexity index is 894. The molecule has 1 fully saturated rings. The maximum Gasteiger partial charge on any atom is 0.257 e. The number of terminal acetylenes is 1. The summed E-state index contributed by atoms with van der Waals surface area (Å²) in [6, 6.07) is 7.98. The standard InChI is InChI=1S/C23H28N4O3/c1-2-11-30-20-5-3-18(4-6-20)15-24-16-19-7-8-27-22(14-19)21(17-25-27)23(28)26-9-12-29-13-10-26/h1,3-6,17,19,24H,7-16H2/t19-/m1/s1. The van der Waals surface area contributed by atoms with E-state index < -0.39 is 0 Å². The van der Waals surface area contributed by atoms with Gasteiger partial charge in [-0.15, -0.1) is 6.42 Å². The molecule has 2 aliphatic rings. The molecule has 0 saturated carbocycles. The molecule has 0 aliphatic carbocycles. The zero-order chi connectivity index (χ0) is 20.8. The SMILES string of the molecule is C#CCOc1ccc(CNC[C@@H]2CCn3ncc(C(=O)N4CCOCC4)c3C2)cc1. The van der Waals surface area contributed by atoms with Crippen LogP contribution < -0.4 is 10.1 Å². The molecule has 2 aliphatic heterocycles. The summed E-state index contributed by atoms with van der Waals surface area (Å²) in [5, 5.41) is 8.01. The van der Waals surface area contributed by atoms with E-state index in [1.807, 2.05) is 33.8 Å². The molecular formula is C23H28N4O3. The molecule has 1 atom stereocenters. The summed E-state index contributed by atoms with van der Waals surface area (Å²) in [6.07, 6.45) is 8.89. The molecule has 1 aromatic heterocycles. The summed E-state index contributed by atoms with van der Waals surface area (Å²) >= 11 is 0. The van der Waals surface area contributed by atoms with E-state index in [-0.39, 0.29) is 12.5 Å². The number of carbonyl (C=O) groups excluding carboxylic acids is 1. The molecule has 1 aromatic carbocycles. The predicted molar refractivity (Wildman–Crippen MR) is 113 cm³/mol. The van der Waals surface area contributed by atoms with E-state index in [0.29, 0.717) is 32.2 Å². The number of aryl methyl sites for hydroxylation is 1. The number of fused-ring (bicyclic) bond motifs is 1. The molecule has 0 spiro atoms. The molecule has 0 unspecified atom stereocenters. The van der Waals surface area contributed by atoms with E-state index >= 15 is 0 Å². The molecule has 4 rings (SSSR count). The summed E-state index contributed by atoms with van der Waals surface area (Å²) in [5.41, 5.74) is 3.02. The molecule has 30 heavy (non-hydrogen) atoms. The second-order valence-corrected chi connectivity index (χ2v) is 7.76. The van der Waals surface area contributed by atoms with Gasteiger partial charge in [0.1, 0.15) is 12.4 Å². The van der Waals surface area contributed by atoms with Gasteiger partial charge in [0, 0.05) is 26.2 Å². The van der Waals surface area contributed by atoms with Crippen molar-refractivity contribution in [1.82, 2.24) is 20.0 Å². The Morgan fingerprint density at radius 3 is 2.83 bits per heavy atom. The normalized spacial score (nSPS) is 18.5. The van der Waals surface area contributed by atoms with Crippen LogP contribution in [-0.2, 0) is 24.2 Å². The lowest BCUT2D eigenvalue weighted by Gasteiger charge is -2.28. The zero-order valence-electron chi connectivity index (χ0n) is 17.2. The number of nitrogens with one attached hydrogen (secondary N) is 1. The van der Waals surface area contributed by atoms with Crippen LogP contribution in [0.2, 0.25) is 0 Å². The molecule has 1 saturated heterocycles. The van der Waals surface area contributed by atoms with Gasteiger partial charge in [0.2, 0.25) is 0 Å². The smallest absolute Gasteiger partial charge is 0.257 e. The van der Waals surface area contributed by atoms with Crippen molar-refractivity contribution in [3.63, 3.8) is 0 Å². The monoisotopic (exact) mass is 408 g/mol. The Labute approximate surface area is 177 Å². The Kier molecular flexibility index (Phi) is 6.67. The summed E-state index contributed by atoms with van der Waals surface area (Å²) in [7, 11) is 0. The number of amides is 1. The molecule has 3 heterocycles. The van der Waals surface area contributed by atoms with Gasteiger partial charge >= 0.3 is 0 Å². The second kappa shape index (κ2) is 9.79. The number of morpholine rings is 1. The number of rotatable bonds is 7.